The summed E-state index contributed by atoms with van der Waals surface area (Å²) in [5.74, 6) is -0.136. The number of anilines is 1. The highest BCUT2D eigenvalue weighted by molar-refractivity contribution is 5.94. The first-order valence-electron chi connectivity index (χ1n) is 9.88. The minimum Gasteiger partial charge on any atom is -0.464 e. The van der Waals surface area contributed by atoms with Crippen LogP contribution in [0.1, 0.15) is 30.5 Å². The summed E-state index contributed by atoms with van der Waals surface area (Å²) in [6, 6.07) is 30.8. The molecule has 0 saturated carbocycles. The first-order valence-corrected chi connectivity index (χ1v) is 9.88. The van der Waals surface area contributed by atoms with E-state index in [1.165, 1.54) is 5.56 Å². The third-order valence-electron chi connectivity index (χ3n) is 5.49. The Kier molecular flexibility index (Phi) is 5.16. The van der Waals surface area contributed by atoms with Crippen molar-refractivity contribution in [1.82, 2.24) is 0 Å². The van der Waals surface area contributed by atoms with E-state index in [9.17, 15) is 4.79 Å². The third kappa shape index (κ3) is 3.29. The number of aryl methyl sites for hydroxylation is 1. The van der Waals surface area contributed by atoms with Gasteiger partial charge in [-0.05, 0) is 43.0 Å². The maximum Gasteiger partial charge on any atom is 0.334 e. The van der Waals surface area contributed by atoms with E-state index in [1.807, 2.05) is 61.5 Å². The second-order valence-electron chi connectivity index (χ2n) is 7.15. The Morgan fingerprint density at radius 3 is 2.07 bits per heavy atom. The molecule has 0 aromatic heterocycles. The summed E-state index contributed by atoms with van der Waals surface area (Å²) >= 11 is 0. The van der Waals surface area contributed by atoms with Gasteiger partial charge in [-0.25, -0.2) is 4.79 Å². The molecule has 0 N–H and O–H groups in total. The van der Waals surface area contributed by atoms with Crippen LogP contribution in [0.2, 0.25) is 0 Å². The summed E-state index contributed by atoms with van der Waals surface area (Å²) in [5.41, 5.74) is 2.76. The lowest BCUT2D eigenvalue weighted by Gasteiger charge is -2.17. The standard InChI is InChI=1S/C25H25NO2/c1-2-28-24(27)25(19-18-20-12-6-3-7-13-20)23(21-14-8-4-9-15-21)26(25)22-16-10-5-11-17-22/h3-17,23H,2,18-19H2,1H3/t23-,25+,26?/m1/s1. The van der Waals surface area contributed by atoms with E-state index in [2.05, 4.69) is 41.3 Å². The van der Waals surface area contributed by atoms with Crippen LogP contribution in [0.5, 0.6) is 0 Å². The molecule has 142 valence electrons. The van der Waals surface area contributed by atoms with Gasteiger partial charge in [0.05, 0.1) is 12.6 Å². The predicted octanol–water partition coefficient (Wildman–Crippen LogP) is 5.18. The van der Waals surface area contributed by atoms with Crippen LogP contribution < -0.4 is 4.90 Å². The van der Waals surface area contributed by atoms with E-state index in [0.29, 0.717) is 13.0 Å². The fraction of sp³-hybridized carbons (Fsp3) is 0.240. The fourth-order valence-electron chi connectivity index (χ4n) is 4.17. The Bertz CT molecular complexity index is 864. The van der Waals surface area contributed by atoms with Gasteiger partial charge in [0, 0.05) is 5.69 Å². The second kappa shape index (κ2) is 7.89. The fourth-order valence-corrected chi connectivity index (χ4v) is 4.17. The summed E-state index contributed by atoms with van der Waals surface area (Å²) in [6.07, 6.45) is 1.54. The molecule has 1 aliphatic heterocycles. The van der Waals surface area contributed by atoms with E-state index in [0.717, 1.165) is 17.7 Å². The first kappa shape index (κ1) is 18.3. The van der Waals surface area contributed by atoms with Gasteiger partial charge in [0.2, 0.25) is 0 Å². The highest BCUT2D eigenvalue weighted by Gasteiger charge is 2.69. The quantitative estimate of drug-likeness (QED) is 0.423. The van der Waals surface area contributed by atoms with Crippen molar-refractivity contribution in [2.75, 3.05) is 11.5 Å². The van der Waals surface area contributed by atoms with Crippen LogP contribution in [0.25, 0.3) is 0 Å². The van der Waals surface area contributed by atoms with Crippen molar-refractivity contribution in [3.63, 3.8) is 0 Å². The molecule has 1 fully saturated rings. The van der Waals surface area contributed by atoms with Gasteiger partial charge in [-0.1, -0.05) is 78.9 Å². The molecular formula is C25H25NO2. The molecule has 3 aromatic carbocycles. The van der Waals surface area contributed by atoms with Crippen molar-refractivity contribution < 1.29 is 9.53 Å². The van der Waals surface area contributed by atoms with Gasteiger partial charge in [0.25, 0.3) is 0 Å². The van der Waals surface area contributed by atoms with Crippen LogP contribution in [0, 0.1) is 0 Å². The van der Waals surface area contributed by atoms with Gasteiger partial charge in [-0.15, -0.1) is 0 Å². The zero-order valence-electron chi connectivity index (χ0n) is 16.1. The largest absolute Gasteiger partial charge is 0.464 e. The van der Waals surface area contributed by atoms with Gasteiger partial charge in [0.1, 0.15) is 0 Å². The van der Waals surface area contributed by atoms with Crippen LogP contribution >= 0.6 is 0 Å². The first-order chi connectivity index (χ1) is 13.8. The van der Waals surface area contributed by atoms with Crippen molar-refractivity contribution in [1.29, 1.82) is 0 Å². The van der Waals surface area contributed by atoms with E-state index < -0.39 is 5.54 Å². The molecule has 0 radical (unpaired) electrons. The van der Waals surface area contributed by atoms with Crippen molar-refractivity contribution in [2.24, 2.45) is 0 Å². The number of hydrogen-bond donors (Lipinski definition) is 0. The molecule has 1 heterocycles. The summed E-state index contributed by atoms with van der Waals surface area (Å²) in [5, 5.41) is 0. The molecule has 3 aromatic rings. The molecule has 0 amide bonds. The molecule has 1 aliphatic rings. The smallest absolute Gasteiger partial charge is 0.334 e. The predicted molar refractivity (Wildman–Crippen MR) is 112 cm³/mol. The average molecular weight is 371 g/mol. The molecule has 3 heteroatoms. The molecule has 0 aliphatic carbocycles. The highest BCUT2D eigenvalue weighted by atomic mass is 16.5. The number of carbonyl (C=O) groups is 1. The third-order valence-corrected chi connectivity index (χ3v) is 5.49. The number of hydrogen-bond acceptors (Lipinski definition) is 3. The van der Waals surface area contributed by atoms with Crippen LogP contribution in [0.3, 0.4) is 0 Å². The Morgan fingerprint density at radius 1 is 0.893 bits per heavy atom. The van der Waals surface area contributed by atoms with Crippen LogP contribution in [0.15, 0.2) is 91.0 Å². The summed E-state index contributed by atoms with van der Waals surface area (Å²) in [6.45, 7) is 2.26. The molecule has 28 heavy (non-hydrogen) atoms. The number of rotatable bonds is 7. The molecule has 2 atom stereocenters. The minimum absolute atomic E-state index is 0.0149. The Hall–Kier alpha value is -3.07. The monoisotopic (exact) mass is 371 g/mol. The lowest BCUT2D eigenvalue weighted by atomic mass is 9.92. The van der Waals surface area contributed by atoms with E-state index in [4.69, 9.17) is 4.74 Å². The van der Waals surface area contributed by atoms with Gasteiger partial charge in [-0.3, -0.25) is 0 Å². The van der Waals surface area contributed by atoms with Crippen molar-refractivity contribution >= 4 is 11.7 Å². The number of para-hydroxylation sites is 1. The molecule has 3 nitrogen and oxygen atoms in total. The Morgan fingerprint density at radius 2 is 1.46 bits per heavy atom. The number of carbonyl (C=O) groups excluding carboxylic acids is 1. The summed E-state index contributed by atoms with van der Waals surface area (Å²) in [4.78, 5) is 15.5. The molecule has 0 spiro atoms. The van der Waals surface area contributed by atoms with Gasteiger partial charge in [-0.2, -0.15) is 0 Å². The highest BCUT2D eigenvalue weighted by Crippen LogP contribution is 2.58. The van der Waals surface area contributed by atoms with Gasteiger partial charge >= 0.3 is 5.97 Å². The van der Waals surface area contributed by atoms with Crippen LogP contribution in [-0.2, 0) is 16.0 Å². The van der Waals surface area contributed by atoms with Crippen LogP contribution in [-0.4, -0.2) is 18.1 Å². The minimum atomic E-state index is -0.672. The molecule has 4 rings (SSSR count). The van der Waals surface area contributed by atoms with E-state index in [1.54, 1.807) is 0 Å². The topological polar surface area (TPSA) is 29.3 Å². The second-order valence-corrected chi connectivity index (χ2v) is 7.15. The molecule has 0 bridgehead atoms. The molecule has 0 unspecified atom stereocenters. The van der Waals surface area contributed by atoms with Gasteiger partial charge in [0.15, 0.2) is 5.54 Å². The SMILES string of the molecule is CCOC(=O)[C@]1(CCc2ccccc2)[C@@H](c2ccccc2)N1c1ccccc1. The van der Waals surface area contributed by atoms with Crippen molar-refractivity contribution in [3.8, 4) is 0 Å². The Labute approximate surface area is 166 Å². The Balaban J connectivity index is 1.73. The number of nitrogens with zero attached hydrogens (tertiary/aromatic N) is 1. The zero-order valence-corrected chi connectivity index (χ0v) is 16.1. The summed E-state index contributed by atoms with van der Waals surface area (Å²) < 4.78 is 5.58. The average Bonchev–Trinajstić information content (AvgIpc) is 3.45. The van der Waals surface area contributed by atoms with Crippen LogP contribution in [0.4, 0.5) is 5.69 Å². The maximum atomic E-state index is 13.3. The maximum absolute atomic E-state index is 13.3. The van der Waals surface area contributed by atoms with E-state index >= 15 is 0 Å². The van der Waals surface area contributed by atoms with Crippen molar-refractivity contribution in [2.45, 2.75) is 31.3 Å². The van der Waals surface area contributed by atoms with Crippen molar-refractivity contribution in [3.05, 3.63) is 102 Å². The molecule has 1 saturated heterocycles. The number of ether oxygens (including phenoxy) is 1. The normalized spacial score (nSPS) is 20.6. The number of esters is 1. The molecular weight excluding hydrogens is 346 g/mol. The lowest BCUT2D eigenvalue weighted by molar-refractivity contribution is -0.146. The number of benzene rings is 3. The summed E-state index contributed by atoms with van der Waals surface area (Å²) in [7, 11) is 0. The van der Waals surface area contributed by atoms with Gasteiger partial charge < -0.3 is 9.64 Å². The zero-order chi connectivity index (χ0) is 19.4. The lowest BCUT2D eigenvalue weighted by Crippen LogP contribution is -2.33. The van der Waals surface area contributed by atoms with E-state index in [-0.39, 0.29) is 12.0 Å².